The van der Waals surface area contributed by atoms with Crippen molar-refractivity contribution in [1.82, 2.24) is 9.55 Å². The van der Waals surface area contributed by atoms with Crippen molar-refractivity contribution in [3.05, 3.63) is 17.6 Å². The number of carbonyl (C=O) groups is 2. The summed E-state index contributed by atoms with van der Waals surface area (Å²) in [5.74, 6) is 0.819. The first-order valence-electron chi connectivity index (χ1n) is 6.45. The molecule has 1 unspecified atom stereocenters. The third kappa shape index (κ3) is 3.26. The van der Waals surface area contributed by atoms with Crippen molar-refractivity contribution in [3.63, 3.8) is 0 Å². The van der Waals surface area contributed by atoms with Crippen molar-refractivity contribution in [3.8, 4) is 0 Å². The maximum absolute atomic E-state index is 11.3. The lowest BCUT2D eigenvalue weighted by atomic mass is 10.1. The monoisotopic (exact) mass is 279 g/mol. The average molecular weight is 279 g/mol. The number of hydrogen-bond acceptors (Lipinski definition) is 4. The highest BCUT2D eigenvalue weighted by Gasteiger charge is 2.16. The molecule has 1 rings (SSSR count). The normalized spacial score (nSPS) is 12.4. The number of nitrogens with zero attached hydrogens (tertiary/aromatic N) is 3. The molecule has 0 aliphatic heterocycles. The molecule has 6 nitrogen and oxygen atoms in total. The van der Waals surface area contributed by atoms with Crippen molar-refractivity contribution < 1.29 is 14.3 Å². The second-order valence-corrected chi connectivity index (χ2v) is 4.54. The van der Waals surface area contributed by atoms with Gasteiger partial charge in [-0.25, -0.2) is 4.98 Å². The summed E-state index contributed by atoms with van der Waals surface area (Å²) >= 11 is 0. The Morgan fingerprint density at radius 1 is 1.55 bits per heavy atom. The Balaban J connectivity index is 3.09. The second kappa shape index (κ2) is 6.88. The molecular formula is C14H21N3O3. The first-order valence-corrected chi connectivity index (χ1v) is 6.45. The van der Waals surface area contributed by atoms with Gasteiger partial charge in [-0.3, -0.25) is 9.59 Å². The van der Waals surface area contributed by atoms with Crippen molar-refractivity contribution in [2.24, 2.45) is 13.0 Å². The third-order valence-electron chi connectivity index (χ3n) is 3.10. The number of imidazole rings is 1. The number of aromatic nitrogens is 2. The molecule has 6 heteroatoms. The number of rotatable bonds is 6. The lowest BCUT2D eigenvalue weighted by Gasteiger charge is -2.13. The first kappa shape index (κ1) is 15.9. The van der Waals surface area contributed by atoms with Crippen LogP contribution in [0.3, 0.4) is 0 Å². The van der Waals surface area contributed by atoms with Gasteiger partial charge >= 0.3 is 5.97 Å². The SMILES string of the molecule is CCc1nc(/C=C\C(C)C(=O)OC)n(C)c1N(C)C=O. The van der Waals surface area contributed by atoms with E-state index in [4.69, 9.17) is 0 Å². The number of ether oxygens (including phenoxy) is 1. The molecule has 1 atom stereocenters. The van der Waals surface area contributed by atoms with E-state index in [-0.39, 0.29) is 11.9 Å². The highest BCUT2D eigenvalue weighted by molar-refractivity contribution is 5.76. The second-order valence-electron chi connectivity index (χ2n) is 4.54. The van der Waals surface area contributed by atoms with Crippen LogP contribution in [0.5, 0.6) is 0 Å². The molecule has 0 spiro atoms. The number of anilines is 1. The molecule has 1 amide bonds. The topological polar surface area (TPSA) is 64.4 Å². The summed E-state index contributed by atoms with van der Waals surface area (Å²) in [6.07, 6.45) is 4.98. The van der Waals surface area contributed by atoms with Gasteiger partial charge in [0.05, 0.1) is 18.7 Å². The van der Waals surface area contributed by atoms with E-state index < -0.39 is 0 Å². The minimum atomic E-state index is -0.339. The predicted octanol–water partition coefficient (Wildman–Crippen LogP) is 1.40. The molecule has 0 aliphatic carbocycles. The van der Waals surface area contributed by atoms with Crippen LogP contribution in [0.2, 0.25) is 0 Å². The number of carbonyl (C=O) groups excluding carboxylic acids is 2. The summed E-state index contributed by atoms with van der Waals surface area (Å²) < 4.78 is 6.49. The number of methoxy groups -OCH3 is 1. The highest BCUT2D eigenvalue weighted by atomic mass is 16.5. The fourth-order valence-corrected chi connectivity index (χ4v) is 1.94. The van der Waals surface area contributed by atoms with Crippen LogP contribution in [-0.4, -0.2) is 36.1 Å². The predicted molar refractivity (Wildman–Crippen MR) is 77.3 cm³/mol. The molecule has 20 heavy (non-hydrogen) atoms. The smallest absolute Gasteiger partial charge is 0.312 e. The molecule has 0 N–H and O–H groups in total. The Morgan fingerprint density at radius 2 is 2.20 bits per heavy atom. The minimum absolute atomic E-state index is 0.295. The Bertz CT molecular complexity index is 520. The van der Waals surface area contributed by atoms with Gasteiger partial charge < -0.3 is 14.2 Å². The maximum Gasteiger partial charge on any atom is 0.312 e. The van der Waals surface area contributed by atoms with Crippen LogP contribution in [0.4, 0.5) is 5.82 Å². The van der Waals surface area contributed by atoms with Crippen LogP contribution >= 0.6 is 0 Å². The van der Waals surface area contributed by atoms with Crippen LogP contribution in [0.15, 0.2) is 6.08 Å². The summed E-state index contributed by atoms with van der Waals surface area (Å²) in [6.45, 7) is 3.74. The summed E-state index contributed by atoms with van der Waals surface area (Å²) in [7, 11) is 4.89. The molecule has 0 radical (unpaired) electrons. The first-order chi connectivity index (χ1) is 9.46. The van der Waals surface area contributed by atoms with Gasteiger partial charge in [0.2, 0.25) is 6.41 Å². The van der Waals surface area contributed by atoms with E-state index in [9.17, 15) is 9.59 Å². The molecule has 0 fully saturated rings. The van der Waals surface area contributed by atoms with Gasteiger partial charge in [0.25, 0.3) is 0 Å². The molecule has 110 valence electrons. The summed E-state index contributed by atoms with van der Waals surface area (Å²) in [6, 6.07) is 0. The van der Waals surface area contributed by atoms with E-state index in [1.54, 1.807) is 26.1 Å². The largest absolute Gasteiger partial charge is 0.469 e. The zero-order chi connectivity index (χ0) is 15.3. The van der Waals surface area contributed by atoms with Gasteiger partial charge in [-0.2, -0.15) is 0 Å². The standard InChI is InChI=1S/C14H21N3O3/c1-6-11-13(16(3)9-18)17(4)12(15-11)8-7-10(2)14(19)20-5/h7-10H,6H2,1-5H3/b8-7-. The number of hydrogen-bond donors (Lipinski definition) is 0. The molecule has 1 heterocycles. The molecule has 0 aliphatic rings. The zero-order valence-corrected chi connectivity index (χ0v) is 12.6. The Morgan fingerprint density at radius 3 is 2.70 bits per heavy atom. The maximum atomic E-state index is 11.3. The van der Waals surface area contributed by atoms with Crippen LogP contribution in [0.1, 0.15) is 25.4 Å². The van der Waals surface area contributed by atoms with Crippen molar-refractivity contribution >= 4 is 24.3 Å². The van der Waals surface area contributed by atoms with Crippen LogP contribution in [-0.2, 0) is 27.8 Å². The number of esters is 1. The van der Waals surface area contributed by atoms with Crippen LogP contribution in [0, 0.1) is 5.92 Å². The van der Waals surface area contributed by atoms with E-state index in [2.05, 4.69) is 9.72 Å². The van der Waals surface area contributed by atoms with E-state index in [0.717, 1.165) is 24.3 Å². The number of amides is 1. The molecule has 0 saturated carbocycles. The van der Waals surface area contributed by atoms with Gasteiger partial charge in [0.15, 0.2) is 0 Å². The molecule has 1 aromatic rings. The lowest BCUT2D eigenvalue weighted by molar-refractivity contribution is -0.143. The Kier molecular flexibility index (Phi) is 5.49. The van der Waals surface area contributed by atoms with Crippen LogP contribution in [0.25, 0.3) is 6.08 Å². The van der Waals surface area contributed by atoms with Crippen molar-refractivity contribution in [2.45, 2.75) is 20.3 Å². The number of aryl methyl sites for hydroxylation is 1. The fourth-order valence-electron chi connectivity index (χ4n) is 1.94. The van der Waals surface area contributed by atoms with E-state index in [1.165, 1.54) is 12.0 Å². The van der Waals surface area contributed by atoms with Gasteiger partial charge in [-0.1, -0.05) is 13.0 Å². The Labute approximate surface area is 119 Å². The molecule has 1 aromatic heterocycles. The average Bonchev–Trinajstić information content (AvgIpc) is 2.79. The molecule has 0 bridgehead atoms. The van der Waals surface area contributed by atoms with Gasteiger partial charge in [0.1, 0.15) is 11.6 Å². The minimum Gasteiger partial charge on any atom is -0.469 e. The van der Waals surface area contributed by atoms with Crippen molar-refractivity contribution in [2.75, 3.05) is 19.1 Å². The van der Waals surface area contributed by atoms with E-state index in [1.807, 2.05) is 18.5 Å². The van der Waals surface area contributed by atoms with Gasteiger partial charge in [-0.05, 0) is 19.4 Å². The quantitative estimate of drug-likeness (QED) is 0.583. The molecule has 0 saturated heterocycles. The van der Waals surface area contributed by atoms with E-state index >= 15 is 0 Å². The third-order valence-corrected chi connectivity index (χ3v) is 3.10. The van der Waals surface area contributed by atoms with Crippen molar-refractivity contribution in [1.29, 1.82) is 0 Å². The summed E-state index contributed by atoms with van der Waals surface area (Å²) in [5, 5.41) is 0. The molecule has 0 aromatic carbocycles. The summed E-state index contributed by atoms with van der Waals surface area (Å²) in [4.78, 5) is 28.3. The fraction of sp³-hybridized carbons (Fsp3) is 0.500. The van der Waals surface area contributed by atoms with Crippen LogP contribution < -0.4 is 4.90 Å². The van der Waals surface area contributed by atoms with Gasteiger partial charge in [0, 0.05) is 14.1 Å². The zero-order valence-electron chi connectivity index (χ0n) is 12.6. The van der Waals surface area contributed by atoms with E-state index in [0.29, 0.717) is 5.82 Å². The lowest BCUT2D eigenvalue weighted by Crippen LogP contribution is -2.18. The highest BCUT2D eigenvalue weighted by Crippen LogP contribution is 2.21. The van der Waals surface area contributed by atoms with Gasteiger partial charge in [-0.15, -0.1) is 0 Å². The molecular weight excluding hydrogens is 258 g/mol. The Hall–Kier alpha value is -2.11. The summed E-state index contributed by atoms with van der Waals surface area (Å²) in [5.41, 5.74) is 0.840.